The molecule has 5 heteroatoms. The van der Waals surface area contributed by atoms with E-state index in [-0.39, 0.29) is 13.0 Å². The Balaban J connectivity index is 1.77. The molecule has 2 rings (SSSR count). The van der Waals surface area contributed by atoms with E-state index in [1.807, 2.05) is 30.3 Å². The number of carbonyl (C=O) groups is 1. The fourth-order valence-electron chi connectivity index (χ4n) is 1.88. The van der Waals surface area contributed by atoms with Crippen LogP contribution in [0, 0.1) is 6.57 Å². The molecule has 1 atom stereocenters. The molecule has 0 fully saturated rings. The second kappa shape index (κ2) is 7.93. The molecule has 0 spiro atoms. The van der Waals surface area contributed by atoms with Gasteiger partial charge >= 0.3 is 0 Å². The smallest absolute Gasteiger partial charge is 0.246 e. The van der Waals surface area contributed by atoms with Crippen LogP contribution in [0.2, 0.25) is 0 Å². The van der Waals surface area contributed by atoms with Crippen molar-refractivity contribution in [1.82, 2.24) is 5.48 Å². The minimum atomic E-state index is -0.930. The monoisotopic (exact) mass is 296 g/mol. The summed E-state index contributed by atoms with van der Waals surface area (Å²) in [6.45, 7) is 7.13. The molecule has 0 unspecified atom stereocenters. The molecule has 0 aromatic heterocycles. The second-order valence-electron chi connectivity index (χ2n) is 4.72. The van der Waals surface area contributed by atoms with E-state index in [0.29, 0.717) is 11.3 Å². The van der Waals surface area contributed by atoms with Gasteiger partial charge in [0.25, 0.3) is 0 Å². The zero-order valence-corrected chi connectivity index (χ0v) is 11.9. The molecule has 5 nitrogen and oxygen atoms in total. The van der Waals surface area contributed by atoms with Crippen molar-refractivity contribution < 1.29 is 14.7 Å². The first-order valence-corrected chi connectivity index (χ1v) is 6.79. The standard InChI is InChI=1S/C17H16N2O3/c1-18-15-9-7-14(8-10-15)16(20)11-17(21)19-22-12-13-5-3-2-4-6-13/h2-10,16,20H,11-12H2,(H,19,21)/t16-/m0/s1. The Morgan fingerprint density at radius 1 is 1.18 bits per heavy atom. The molecule has 2 aromatic rings. The second-order valence-corrected chi connectivity index (χ2v) is 4.72. The molecule has 0 saturated carbocycles. The number of nitrogens with zero attached hydrogens (tertiary/aromatic N) is 1. The number of nitrogens with one attached hydrogen (secondary N) is 1. The maximum Gasteiger partial charge on any atom is 0.246 e. The zero-order valence-electron chi connectivity index (χ0n) is 11.9. The van der Waals surface area contributed by atoms with Crippen molar-refractivity contribution in [3.63, 3.8) is 0 Å². The highest BCUT2D eigenvalue weighted by molar-refractivity contribution is 5.75. The van der Waals surface area contributed by atoms with E-state index in [1.165, 1.54) is 0 Å². The third kappa shape index (κ3) is 4.70. The number of aliphatic hydroxyl groups is 1. The molecule has 0 heterocycles. The van der Waals surface area contributed by atoms with Gasteiger partial charge in [0.05, 0.1) is 25.7 Å². The molecule has 0 radical (unpaired) electrons. The first-order valence-electron chi connectivity index (χ1n) is 6.79. The summed E-state index contributed by atoms with van der Waals surface area (Å²) in [5.74, 6) is -0.405. The van der Waals surface area contributed by atoms with Crippen molar-refractivity contribution in [3.05, 3.63) is 77.1 Å². The van der Waals surface area contributed by atoms with Gasteiger partial charge in [0.1, 0.15) is 0 Å². The SMILES string of the molecule is [C-]#[N+]c1ccc([C@@H](O)CC(=O)NOCc2ccccc2)cc1. The average Bonchev–Trinajstić information content (AvgIpc) is 2.56. The number of benzene rings is 2. The Morgan fingerprint density at radius 3 is 2.50 bits per heavy atom. The highest BCUT2D eigenvalue weighted by Crippen LogP contribution is 2.20. The first kappa shape index (κ1) is 15.7. The number of amides is 1. The van der Waals surface area contributed by atoms with Crippen molar-refractivity contribution in [3.8, 4) is 0 Å². The van der Waals surface area contributed by atoms with Crippen LogP contribution in [0.3, 0.4) is 0 Å². The van der Waals surface area contributed by atoms with E-state index >= 15 is 0 Å². The molecule has 0 bridgehead atoms. The van der Waals surface area contributed by atoms with Gasteiger partial charge in [0.2, 0.25) is 5.91 Å². The van der Waals surface area contributed by atoms with Crippen molar-refractivity contribution in [2.45, 2.75) is 19.1 Å². The van der Waals surface area contributed by atoms with Gasteiger partial charge in [-0.1, -0.05) is 54.6 Å². The molecule has 0 aliphatic carbocycles. The molecule has 112 valence electrons. The number of hydroxylamine groups is 1. The number of aliphatic hydroxyl groups excluding tert-OH is 1. The Morgan fingerprint density at radius 2 is 1.86 bits per heavy atom. The van der Waals surface area contributed by atoms with Crippen molar-refractivity contribution in [2.75, 3.05) is 0 Å². The van der Waals surface area contributed by atoms with E-state index in [0.717, 1.165) is 5.56 Å². The molecule has 22 heavy (non-hydrogen) atoms. The number of hydrogen-bond donors (Lipinski definition) is 2. The van der Waals surface area contributed by atoms with Crippen LogP contribution >= 0.6 is 0 Å². The predicted octanol–water partition coefficient (Wildman–Crippen LogP) is 2.91. The fraction of sp³-hybridized carbons (Fsp3) is 0.176. The van der Waals surface area contributed by atoms with Crippen LogP contribution in [0.5, 0.6) is 0 Å². The summed E-state index contributed by atoms with van der Waals surface area (Å²) in [4.78, 5) is 20.1. The highest BCUT2D eigenvalue weighted by atomic mass is 16.6. The van der Waals surface area contributed by atoms with Crippen molar-refractivity contribution >= 4 is 11.6 Å². The Bertz CT molecular complexity index is 648. The largest absolute Gasteiger partial charge is 0.388 e. The van der Waals surface area contributed by atoms with Crippen molar-refractivity contribution in [1.29, 1.82) is 0 Å². The summed E-state index contributed by atoms with van der Waals surface area (Å²) >= 11 is 0. The van der Waals surface area contributed by atoms with Gasteiger partial charge < -0.3 is 5.11 Å². The molecular weight excluding hydrogens is 280 g/mol. The molecule has 2 N–H and O–H groups in total. The number of hydrogen-bond acceptors (Lipinski definition) is 3. The molecule has 1 amide bonds. The van der Waals surface area contributed by atoms with E-state index in [4.69, 9.17) is 11.4 Å². The lowest BCUT2D eigenvalue weighted by Gasteiger charge is -2.11. The topological polar surface area (TPSA) is 62.9 Å². The fourth-order valence-corrected chi connectivity index (χ4v) is 1.88. The highest BCUT2D eigenvalue weighted by Gasteiger charge is 2.13. The zero-order chi connectivity index (χ0) is 15.8. The minimum absolute atomic E-state index is 0.105. The predicted molar refractivity (Wildman–Crippen MR) is 81.7 cm³/mol. The maximum atomic E-state index is 11.7. The number of carbonyl (C=O) groups excluding carboxylic acids is 1. The van der Waals surface area contributed by atoms with Crippen LogP contribution < -0.4 is 5.48 Å². The molecule has 2 aromatic carbocycles. The van der Waals surface area contributed by atoms with E-state index < -0.39 is 12.0 Å². The van der Waals surface area contributed by atoms with Gasteiger partial charge in [-0.3, -0.25) is 9.63 Å². The van der Waals surface area contributed by atoms with Gasteiger partial charge in [-0.25, -0.2) is 10.3 Å². The first-order chi connectivity index (χ1) is 10.7. The Hall–Kier alpha value is -2.68. The van der Waals surface area contributed by atoms with Crippen LogP contribution in [-0.2, 0) is 16.2 Å². The summed E-state index contributed by atoms with van der Waals surface area (Å²) in [6.07, 6.45) is -1.04. The maximum absolute atomic E-state index is 11.7. The van der Waals surface area contributed by atoms with Crippen LogP contribution in [0.4, 0.5) is 5.69 Å². The van der Waals surface area contributed by atoms with Crippen LogP contribution in [-0.4, -0.2) is 11.0 Å². The van der Waals surface area contributed by atoms with Gasteiger partial charge in [-0.2, -0.15) is 0 Å². The lowest BCUT2D eigenvalue weighted by Crippen LogP contribution is -2.25. The summed E-state index contributed by atoms with van der Waals surface area (Å²) in [5, 5.41) is 9.98. The molecular formula is C17H16N2O3. The summed E-state index contributed by atoms with van der Waals surface area (Å²) in [7, 11) is 0. The van der Waals surface area contributed by atoms with E-state index in [1.54, 1.807) is 24.3 Å². The van der Waals surface area contributed by atoms with E-state index in [9.17, 15) is 9.90 Å². The lowest BCUT2D eigenvalue weighted by molar-refractivity contribution is -0.136. The minimum Gasteiger partial charge on any atom is -0.388 e. The quantitative estimate of drug-likeness (QED) is 0.636. The van der Waals surface area contributed by atoms with Gasteiger partial charge in [0.15, 0.2) is 5.69 Å². The average molecular weight is 296 g/mol. The molecule has 0 saturated heterocycles. The summed E-state index contributed by atoms with van der Waals surface area (Å²) < 4.78 is 0. The van der Waals surface area contributed by atoms with Gasteiger partial charge in [0, 0.05) is 0 Å². The third-order valence-electron chi connectivity index (χ3n) is 3.05. The Labute approximate surface area is 128 Å². The lowest BCUT2D eigenvalue weighted by atomic mass is 10.1. The van der Waals surface area contributed by atoms with Crippen LogP contribution in [0.15, 0.2) is 54.6 Å². The van der Waals surface area contributed by atoms with E-state index in [2.05, 4.69) is 10.3 Å². The normalized spacial score (nSPS) is 11.5. The summed E-state index contributed by atoms with van der Waals surface area (Å²) in [5.41, 5.74) is 4.33. The molecule has 0 aliphatic rings. The Kier molecular flexibility index (Phi) is 5.66. The van der Waals surface area contributed by atoms with Crippen LogP contribution in [0.25, 0.3) is 4.85 Å². The van der Waals surface area contributed by atoms with Gasteiger partial charge in [-0.15, -0.1) is 0 Å². The summed E-state index contributed by atoms with van der Waals surface area (Å²) in [6, 6.07) is 15.9. The third-order valence-corrected chi connectivity index (χ3v) is 3.05. The van der Waals surface area contributed by atoms with Crippen LogP contribution in [0.1, 0.15) is 23.7 Å². The van der Waals surface area contributed by atoms with Crippen molar-refractivity contribution in [2.24, 2.45) is 0 Å². The molecule has 0 aliphatic heterocycles. The van der Waals surface area contributed by atoms with Gasteiger partial charge in [-0.05, 0) is 11.1 Å². The number of rotatable bonds is 6.